The maximum atomic E-state index is 4.56. The number of rotatable bonds is 2. The molecule has 2 aromatic heterocycles. The van der Waals surface area contributed by atoms with E-state index < -0.39 is 0 Å². The lowest BCUT2D eigenvalue weighted by atomic mass is 9.80. The van der Waals surface area contributed by atoms with Gasteiger partial charge in [-0.2, -0.15) is 0 Å². The number of hydrogen-bond donors (Lipinski definition) is 0. The Labute approximate surface area is 254 Å². The zero-order valence-corrected chi connectivity index (χ0v) is 24.1. The molecule has 2 heteroatoms. The quantitative estimate of drug-likeness (QED) is 0.204. The van der Waals surface area contributed by atoms with Gasteiger partial charge in [0, 0.05) is 21.7 Å². The van der Waals surface area contributed by atoms with Crippen molar-refractivity contribution in [3.8, 4) is 66.8 Å². The second-order valence-corrected chi connectivity index (χ2v) is 12.2. The second kappa shape index (κ2) is 9.62. The summed E-state index contributed by atoms with van der Waals surface area (Å²) < 4.78 is 1.28. The van der Waals surface area contributed by atoms with Crippen molar-refractivity contribution in [2.45, 2.75) is 0 Å². The van der Waals surface area contributed by atoms with Crippen molar-refractivity contribution in [1.29, 1.82) is 0 Å². The van der Waals surface area contributed by atoms with E-state index in [-0.39, 0.29) is 0 Å². The van der Waals surface area contributed by atoms with Gasteiger partial charge in [0.05, 0.1) is 0 Å². The molecule has 0 amide bonds. The van der Waals surface area contributed by atoms with Crippen molar-refractivity contribution in [3.05, 3.63) is 152 Å². The van der Waals surface area contributed by atoms with Gasteiger partial charge in [0.25, 0.3) is 0 Å². The minimum atomic E-state index is 1.09. The fraction of sp³-hybridized carbons (Fsp3) is 0. The number of fused-ring (bicyclic) bond motifs is 11. The highest BCUT2D eigenvalue weighted by Gasteiger charge is 2.21. The van der Waals surface area contributed by atoms with Crippen LogP contribution in [-0.2, 0) is 0 Å². The van der Waals surface area contributed by atoms with Crippen LogP contribution >= 0.6 is 11.3 Å². The van der Waals surface area contributed by atoms with Gasteiger partial charge in [-0.3, -0.25) is 0 Å². The summed E-state index contributed by atoms with van der Waals surface area (Å²) in [6, 6.07) is 53.4. The number of pyridine rings is 1. The van der Waals surface area contributed by atoms with E-state index in [1.54, 1.807) is 11.3 Å². The van der Waals surface area contributed by atoms with Crippen molar-refractivity contribution >= 4 is 31.6 Å². The zero-order valence-electron chi connectivity index (χ0n) is 23.3. The van der Waals surface area contributed by atoms with Crippen LogP contribution in [0.1, 0.15) is 0 Å². The smallest absolute Gasteiger partial charge is 0.124 e. The minimum absolute atomic E-state index is 1.09. The first-order chi connectivity index (χ1) is 21.3. The van der Waals surface area contributed by atoms with Gasteiger partial charge in [-0.15, -0.1) is 11.3 Å². The Bertz CT molecular complexity index is 2340. The summed E-state index contributed by atoms with van der Waals surface area (Å²) in [7, 11) is 0. The van der Waals surface area contributed by atoms with Gasteiger partial charge >= 0.3 is 0 Å². The molecule has 0 bridgehead atoms. The molecule has 8 aromatic rings. The maximum absolute atomic E-state index is 4.56. The molecule has 0 radical (unpaired) electrons. The van der Waals surface area contributed by atoms with Gasteiger partial charge in [0.1, 0.15) is 4.83 Å². The molecule has 1 nitrogen and oxygen atoms in total. The van der Waals surface area contributed by atoms with Crippen LogP contribution in [0.4, 0.5) is 0 Å². The molecule has 0 aliphatic heterocycles. The van der Waals surface area contributed by atoms with E-state index in [1.165, 1.54) is 82.2 Å². The van der Waals surface area contributed by atoms with Crippen LogP contribution in [0.3, 0.4) is 0 Å². The van der Waals surface area contributed by atoms with Crippen LogP contribution in [0.15, 0.2) is 152 Å². The normalized spacial score (nSPS) is 11.7. The Morgan fingerprint density at radius 1 is 0.349 bits per heavy atom. The highest BCUT2D eigenvalue weighted by molar-refractivity contribution is 7.25. The number of thiophene rings is 1. The van der Waals surface area contributed by atoms with Gasteiger partial charge in [-0.25, -0.2) is 4.98 Å². The van der Waals surface area contributed by atoms with Crippen LogP contribution in [0.5, 0.6) is 0 Å². The number of hydrogen-bond acceptors (Lipinski definition) is 2. The summed E-state index contributed by atoms with van der Waals surface area (Å²) in [5.41, 5.74) is 15.1. The van der Waals surface area contributed by atoms with Gasteiger partial charge in [-0.1, -0.05) is 115 Å². The van der Waals surface area contributed by atoms with E-state index in [1.807, 2.05) is 12.3 Å². The molecule has 2 heterocycles. The monoisotopic (exact) mass is 563 g/mol. The van der Waals surface area contributed by atoms with E-state index in [0.717, 1.165) is 4.83 Å². The Balaban J connectivity index is 1.17. The van der Waals surface area contributed by atoms with Crippen LogP contribution in [0.25, 0.3) is 87.1 Å². The summed E-state index contributed by atoms with van der Waals surface area (Å²) in [5.74, 6) is 0. The van der Waals surface area contributed by atoms with Crippen LogP contribution < -0.4 is 0 Å². The second-order valence-electron chi connectivity index (χ2n) is 11.1. The molecule has 0 saturated heterocycles. The average Bonchev–Trinajstić information content (AvgIpc) is 3.46. The predicted octanol–water partition coefficient (Wildman–Crippen LogP) is 11.8. The molecule has 0 unspecified atom stereocenters. The molecule has 0 N–H and O–H groups in total. The number of aromatic nitrogens is 1. The standard InChI is InChI=1S/C41H25NS/c1-2-9-31-30(8-1)32-10-3-4-12-34(32)36-21-19-28(24-38(36)35-13-6-5-11-33(31)35)26-15-17-27(18-16-26)29-20-22-40-39(25-29)37-14-7-23-42-41(37)43-40/h1-25H. The fourth-order valence-electron chi connectivity index (χ4n) is 6.69. The molecular formula is C41H25NS. The lowest BCUT2D eigenvalue weighted by molar-refractivity contribution is 1.45. The molecule has 0 fully saturated rings. The molecule has 0 atom stereocenters. The summed E-state index contributed by atoms with van der Waals surface area (Å²) >= 11 is 1.76. The third kappa shape index (κ3) is 3.88. The largest absolute Gasteiger partial charge is 0.245 e. The Hall–Kier alpha value is -5.31. The Morgan fingerprint density at radius 2 is 0.814 bits per heavy atom. The number of benzene rings is 6. The zero-order chi connectivity index (χ0) is 28.3. The van der Waals surface area contributed by atoms with E-state index >= 15 is 0 Å². The van der Waals surface area contributed by atoms with Gasteiger partial charge in [0.2, 0.25) is 0 Å². The molecule has 6 aromatic carbocycles. The predicted molar refractivity (Wildman–Crippen MR) is 183 cm³/mol. The minimum Gasteiger partial charge on any atom is -0.245 e. The van der Waals surface area contributed by atoms with Crippen LogP contribution in [-0.4, -0.2) is 4.98 Å². The lowest BCUT2D eigenvalue weighted by Crippen LogP contribution is -1.97. The van der Waals surface area contributed by atoms with Crippen molar-refractivity contribution in [1.82, 2.24) is 4.98 Å². The van der Waals surface area contributed by atoms with Gasteiger partial charge in [0.15, 0.2) is 0 Å². The van der Waals surface area contributed by atoms with Crippen molar-refractivity contribution in [2.75, 3.05) is 0 Å². The molecule has 200 valence electrons. The summed E-state index contributed by atoms with van der Waals surface area (Å²) in [6.45, 7) is 0. The summed E-state index contributed by atoms with van der Waals surface area (Å²) in [6.07, 6.45) is 1.87. The third-order valence-corrected chi connectivity index (χ3v) is 9.86. The van der Waals surface area contributed by atoms with E-state index in [0.29, 0.717) is 0 Å². The molecule has 9 rings (SSSR count). The third-order valence-electron chi connectivity index (χ3n) is 8.76. The van der Waals surface area contributed by atoms with E-state index in [4.69, 9.17) is 0 Å². The topological polar surface area (TPSA) is 12.9 Å². The molecule has 1 aliphatic rings. The SMILES string of the molecule is c1ccc2c(c1)-c1ccccc1-c1ccc(-c3ccc(-c4ccc5sc6ncccc6c5c4)cc3)cc1-c1ccccc1-2. The molecule has 1 aliphatic carbocycles. The first-order valence-electron chi connectivity index (χ1n) is 14.6. The van der Waals surface area contributed by atoms with Crippen LogP contribution in [0.2, 0.25) is 0 Å². The first kappa shape index (κ1) is 24.3. The van der Waals surface area contributed by atoms with E-state index in [9.17, 15) is 0 Å². The molecule has 43 heavy (non-hydrogen) atoms. The summed E-state index contributed by atoms with van der Waals surface area (Å²) in [5, 5.41) is 2.50. The number of nitrogens with zero attached hydrogens (tertiary/aromatic N) is 1. The average molecular weight is 564 g/mol. The Kier molecular flexibility index (Phi) is 5.44. The van der Waals surface area contributed by atoms with Gasteiger partial charge < -0.3 is 0 Å². The molecule has 0 spiro atoms. The van der Waals surface area contributed by atoms with Crippen molar-refractivity contribution in [3.63, 3.8) is 0 Å². The highest BCUT2D eigenvalue weighted by atomic mass is 32.1. The lowest BCUT2D eigenvalue weighted by Gasteiger charge is -2.23. The highest BCUT2D eigenvalue weighted by Crippen LogP contribution is 2.48. The molecular weight excluding hydrogens is 539 g/mol. The van der Waals surface area contributed by atoms with Crippen LogP contribution in [0, 0.1) is 0 Å². The molecule has 0 saturated carbocycles. The van der Waals surface area contributed by atoms with Crippen molar-refractivity contribution in [2.24, 2.45) is 0 Å². The van der Waals surface area contributed by atoms with E-state index in [2.05, 4.69) is 145 Å². The Morgan fingerprint density at radius 3 is 1.40 bits per heavy atom. The summed E-state index contributed by atoms with van der Waals surface area (Å²) in [4.78, 5) is 5.66. The van der Waals surface area contributed by atoms with Gasteiger partial charge in [-0.05, 0) is 97.1 Å². The maximum Gasteiger partial charge on any atom is 0.124 e. The first-order valence-corrected chi connectivity index (χ1v) is 15.4. The fourth-order valence-corrected chi connectivity index (χ4v) is 7.71. The van der Waals surface area contributed by atoms with Crippen molar-refractivity contribution < 1.29 is 0 Å².